The van der Waals surface area contributed by atoms with Crippen LogP contribution in [0.2, 0.25) is 0 Å². The zero-order valence-corrected chi connectivity index (χ0v) is 21.6. The Morgan fingerprint density at radius 2 is 1.82 bits per heavy atom. The van der Waals surface area contributed by atoms with Crippen molar-refractivity contribution in [2.75, 3.05) is 6.79 Å². The third kappa shape index (κ3) is 5.11. The largest absolute Gasteiger partial charge is 0.455 e. The van der Waals surface area contributed by atoms with E-state index in [0.29, 0.717) is 18.8 Å². The molecule has 16 heteroatoms. The maximum Gasteiger partial charge on any atom is 0.405 e. The minimum atomic E-state index is -5.84. The molecule has 0 amide bonds. The second-order valence-corrected chi connectivity index (χ2v) is 12.1. The van der Waals surface area contributed by atoms with Crippen LogP contribution in [-0.4, -0.2) is 85.5 Å². The monoisotopic (exact) mass is 582 g/mol. The molecule has 39 heavy (non-hydrogen) atoms. The zero-order chi connectivity index (χ0) is 28.3. The summed E-state index contributed by atoms with van der Waals surface area (Å²) in [4.78, 5) is 49.5. The Kier molecular flexibility index (Phi) is 7.35. The van der Waals surface area contributed by atoms with Crippen molar-refractivity contribution < 1.29 is 69.4 Å². The molecule has 3 heterocycles. The average molecular weight is 583 g/mol. The first-order valence-corrected chi connectivity index (χ1v) is 14.1. The molecule has 5 aliphatic rings. The van der Waals surface area contributed by atoms with E-state index in [1.807, 2.05) is 0 Å². The molecule has 0 aromatic heterocycles. The van der Waals surface area contributed by atoms with Crippen LogP contribution in [0.3, 0.4) is 0 Å². The summed E-state index contributed by atoms with van der Waals surface area (Å²) in [7, 11) is -5.84. The molecule has 1 N–H and O–H groups in total. The van der Waals surface area contributed by atoms with Gasteiger partial charge in [0.05, 0.1) is 18.9 Å². The predicted octanol–water partition coefficient (Wildman–Crippen LogP) is 0.735. The minimum absolute atomic E-state index is 0.0244. The summed E-state index contributed by atoms with van der Waals surface area (Å²) in [6.45, 7) is 0.275. The van der Waals surface area contributed by atoms with Crippen molar-refractivity contribution in [1.82, 2.24) is 0 Å². The Morgan fingerprint density at radius 3 is 2.46 bits per heavy atom. The van der Waals surface area contributed by atoms with Gasteiger partial charge in [0, 0.05) is 0 Å². The van der Waals surface area contributed by atoms with Crippen LogP contribution in [0, 0.1) is 23.7 Å². The van der Waals surface area contributed by atoms with E-state index in [2.05, 4.69) is 4.74 Å². The van der Waals surface area contributed by atoms with Crippen LogP contribution in [0.25, 0.3) is 0 Å². The molecule has 13 nitrogen and oxygen atoms in total. The van der Waals surface area contributed by atoms with Gasteiger partial charge in [-0.05, 0) is 44.4 Å². The third-order valence-corrected chi connectivity index (χ3v) is 9.28. The number of carbonyl (C=O) groups is 4. The molecule has 2 saturated carbocycles. The number of hydrogen-bond acceptors (Lipinski definition) is 12. The van der Waals surface area contributed by atoms with E-state index in [0.717, 1.165) is 19.3 Å². The lowest BCUT2D eigenvalue weighted by atomic mass is 9.78. The molecule has 4 bridgehead atoms. The number of alkyl halides is 2. The smallest absolute Gasteiger partial charge is 0.405 e. The van der Waals surface area contributed by atoms with Crippen LogP contribution in [0.4, 0.5) is 8.78 Å². The SMILES string of the molecule is CC(OC(=O)CCC(=O)OC1C2OC(=O)C3C2OC1C3C(=O)OCOC1CC2CCC1C2)C(F)(F)S(=O)(=O)O. The van der Waals surface area contributed by atoms with E-state index >= 15 is 0 Å². The fourth-order valence-electron chi connectivity index (χ4n) is 6.35. The number of ether oxygens (including phenoxy) is 6. The molecule has 3 saturated heterocycles. The molecule has 0 aromatic carbocycles. The lowest BCUT2D eigenvalue weighted by molar-refractivity contribution is -0.175. The zero-order valence-electron chi connectivity index (χ0n) is 20.7. The Labute approximate surface area is 221 Å². The van der Waals surface area contributed by atoms with Gasteiger partial charge in [-0.2, -0.15) is 17.2 Å². The van der Waals surface area contributed by atoms with Gasteiger partial charge in [-0.15, -0.1) is 0 Å². The number of fused-ring (bicyclic) bond motifs is 3. The summed E-state index contributed by atoms with van der Waals surface area (Å²) >= 11 is 0. The number of hydrogen-bond donors (Lipinski definition) is 1. The number of esters is 4. The summed E-state index contributed by atoms with van der Waals surface area (Å²) in [5.74, 6) is -4.75. The fraction of sp³-hybridized carbons (Fsp3) is 0.826. The Morgan fingerprint density at radius 1 is 1.10 bits per heavy atom. The van der Waals surface area contributed by atoms with Crippen LogP contribution >= 0.6 is 0 Å². The van der Waals surface area contributed by atoms with E-state index in [9.17, 15) is 36.4 Å². The van der Waals surface area contributed by atoms with E-state index in [-0.39, 0.29) is 12.9 Å². The summed E-state index contributed by atoms with van der Waals surface area (Å²) in [6.07, 6.45) is -3.65. The molecule has 5 rings (SSSR count). The highest BCUT2D eigenvalue weighted by molar-refractivity contribution is 7.86. The highest BCUT2D eigenvalue weighted by Crippen LogP contribution is 2.51. The van der Waals surface area contributed by atoms with Crippen LogP contribution in [-0.2, 0) is 57.7 Å². The quantitative estimate of drug-likeness (QED) is 0.156. The molecule has 0 aromatic rings. The molecular formula is C23H28F2O13S. The molecular weight excluding hydrogens is 554 g/mol. The Balaban J connectivity index is 1.12. The van der Waals surface area contributed by atoms with Gasteiger partial charge in [0.2, 0.25) is 0 Å². The fourth-order valence-corrected chi connectivity index (χ4v) is 6.82. The van der Waals surface area contributed by atoms with Gasteiger partial charge in [-0.3, -0.25) is 23.7 Å². The van der Waals surface area contributed by atoms with Gasteiger partial charge in [-0.25, -0.2) is 0 Å². The molecule has 5 fully saturated rings. The Bertz CT molecular complexity index is 1140. The van der Waals surface area contributed by atoms with Crippen molar-refractivity contribution in [2.24, 2.45) is 23.7 Å². The standard InChI is InChI=1S/C23H28F2O13S/c1-9(23(24,25)39(30,31)32)35-13(26)4-5-14(27)36-19-17-15(16-18(37-17)20(19)38-22(16)29)21(28)34-8-33-12-7-10-2-3-11(12)6-10/h9-12,15-20H,2-8H2,1H3,(H,30,31,32). The van der Waals surface area contributed by atoms with Gasteiger partial charge in [0.15, 0.2) is 25.1 Å². The maximum absolute atomic E-state index is 13.5. The molecule has 3 aliphatic heterocycles. The van der Waals surface area contributed by atoms with Crippen molar-refractivity contribution in [3.05, 3.63) is 0 Å². The number of halogens is 2. The molecule has 0 radical (unpaired) electrons. The number of rotatable bonds is 11. The van der Waals surface area contributed by atoms with Gasteiger partial charge < -0.3 is 28.4 Å². The van der Waals surface area contributed by atoms with Crippen molar-refractivity contribution >= 4 is 34.0 Å². The maximum atomic E-state index is 13.5. The van der Waals surface area contributed by atoms with E-state index in [1.54, 1.807) is 0 Å². The summed E-state index contributed by atoms with van der Waals surface area (Å²) in [6, 6.07) is 0. The summed E-state index contributed by atoms with van der Waals surface area (Å²) in [5, 5.41) is -4.75. The van der Waals surface area contributed by atoms with Gasteiger partial charge in [-0.1, -0.05) is 0 Å². The van der Waals surface area contributed by atoms with Gasteiger partial charge >= 0.3 is 39.2 Å². The summed E-state index contributed by atoms with van der Waals surface area (Å²) in [5.41, 5.74) is 0. The summed E-state index contributed by atoms with van der Waals surface area (Å²) < 4.78 is 88.8. The molecule has 10 atom stereocenters. The lowest BCUT2D eigenvalue weighted by Crippen LogP contribution is -2.48. The Hall–Kier alpha value is -2.43. The van der Waals surface area contributed by atoms with Crippen molar-refractivity contribution in [2.45, 2.75) is 87.3 Å². The second-order valence-electron chi connectivity index (χ2n) is 10.6. The van der Waals surface area contributed by atoms with Gasteiger partial charge in [0.25, 0.3) is 0 Å². The minimum Gasteiger partial charge on any atom is -0.455 e. The highest BCUT2D eigenvalue weighted by atomic mass is 32.2. The topological polar surface area (TPSA) is 178 Å². The van der Waals surface area contributed by atoms with Crippen LogP contribution < -0.4 is 0 Å². The second kappa shape index (κ2) is 10.2. The van der Waals surface area contributed by atoms with Crippen molar-refractivity contribution in [1.29, 1.82) is 0 Å². The first-order chi connectivity index (χ1) is 18.3. The molecule has 218 valence electrons. The van der Waals surface area contributed by atoms with E-state index in [4.69, 9.17) is 28.2 Å². The number of carbonyl (C=O) groups excluding carboxylic acids is 4. The molecule has 10 unspecified atom stereocenters. The first-order valence-electron chi connectivity index (χ1n) is 12.7. The average Bonchev–Trinajstić information content (AvgIpc) is 3.65. The van der Waals surface area contributed by atoms with E-state index < -0.39 is 94.4 Å². The highest BCUT2D eigenvalue weighted by Gasteiger charge is 2.72. The van der Waals surface area contributed by atoms with Gasteiger partial charge in [0.1, 0.15) is 24.0 Å². The third-order valence-electron chi connectivity index (χ3n) is 8.26. The molecule has 2 aliphatic carbocycles. The van der Waals surface area contributed by atoms with Crippen molar-refractivity contribution in [3.8, 4) is 0 Å². The predicted molar refractivity (Wildman–Crippen MR) is 118 cm³/mol. The van der Waals surface area contributed by atoms with Crippen molar-refractivity contribution in [3.63, 3.8) is 0 Å². The van der Waals surface area contributed by atoms with Crippen LogP contribution in [0.15, 0.2) is 0 Å². The van der Waals surface area contributed by atoms with E-state index in [1.165, 1.54) is 6.42 Å². The normalized spacial score (nSPS) is 37.0. The lowest BCUT2D eigenvalue weighted by Gasteiger charge is -2.27. The first kappa shape index (κ1) is 28.1. The van der Waals surface area contributed by atoms with Crippen LogP contribution in [0.1, 0.15) is 45.4 Å². The molecule has 0 spiro atoms. The van der Waals surface area contributed by atoms with Crippen LogP contribution in [0.5, 0.6) is 0 Å².